The van der Waals surface area contributed by atoms with Crippen molar-refractivity contribution in [2.45, 2.75) is 101 Å². The predicted octanol–water partition coefficient (Wildman–Crippen LogP) is 4.74. The first-order valence-corrected chi connectivity index (χ1v) is 10.6. The van der Waals surface area contributed by atoms with Crippen molar-refractivity contribution in [3.8, 4) is 0 Å². The van der Waals surface area contributed by atoms with Crippen LogP contribution >= 0.6 is 15.9 Å². The van der Waals surface area contributed by atoms with Crippen molar-refractivity contribution in [3.63, 3.8) is 0 Å². The van der Waals surface area contributed by atoms with E-state index < -0.39 is 6.10 Å². The molecule has 144 valence electrons. The molecule has 2 N–H and O–H groups in total. The second-order valence-electron chi connectivity index (χ2n) is 6.61. The fourth-order valence-corrected chi connectivity index (χ4v) is 3.06. The number of unbranched alkanes of at least 4 members (excludes halogenated alkanes) is 11. The zero-order valence-corrected chi connectivity index (χ0v) is 16.9. The van der Waals surface area contributed by atoms with Gasteiger partial charge in [0.2, 0.25) is 0 Å². The molecule has 0 spiro atoms. The van der Waals surface area contributed by atoms with Gasteiger partial charge in [0.1, 0.15) is 17.5 Å². The summed E-state index contributed by atoms with van der Waals surface area (Å²) in [5.41, 5.74) is 0. The molecule has 0 bridgehead atoms. The minimum Gasteiger partial charge on any atom is -0.462 e. The van der Waals surface area contributed by atoms with Crippen LogP contribution in [0.1, 0.15) is 90.4 Å². The van der Waals surface area contributed by atoms with Crippen LogP contribution in [0.25, 0.3) is 0 Å². The third-order valence-corrected chi connectivity index (χ3v) is 5.03. The molecule has 0 aliphatic heterocycles. The molecule has 5 heteroatoms. The Morgan fingerprint density at radius 2 is 1.38 bits per heavy atom. The molecule has 0 aromatic heterocycles. The topological polar surface area (TPSA) is 66.8 Å². The molecule has 24 heavy (non-hydrogen) atoms. The lowest BCUT2D eigenvalue weighted by Gasteiger charge is -2.12. The zero-order chi connectivity index (χ0) is 18.0. The lowest BCUT2D eigenvalue weighted by molar-refractivity contribution is -0.146. The molecule has 2 unspecified atom stereocenters. The van der Waals surface area contributed by atoms with E-state index in [1.165, 1.54) is 64.2 Å². The molecule has 0 saturated heterocycles. The number of hydrogen-bond donors (Lipinski definition) is 2. The fraction of sp³-hybridized carbons (Fsp3) is 0.947. The number of alkyl halides is 1. The summed E-state index contributed by atoms with van der Waals surface area (Å²) in [5.74, 6) is -0.356. The molecule has 2 atom stereocenters. The van der Waals surface area contributed by atoms with Gasteiger partial charge in [-0.1, -0.05) is 99.9 Å². The van der Waals surface area contributed by atoms with Gasteiger partial charge in [0.05, 0.1) is 6.61 Å². The van der Waals surface area contributed by atoms with Gasteiger partial charge in [-0.2, -0.15) is 0 Å². The Bertz CT molecular complexity index is 287. The lowest BCUT2D eigenvalue weighted by Crippen LogP contribution is -2.25. The molecule has 0 radical (unpaired) electrons. The summed E-state index contributed by atoms with van der Waals surface area (Å²) < 4.78 is 4.92. The maximum absolute atomic E-state index is 11.6. The molecule has 0 rings (SSSR count). The molecule has 0 aromatic carbocycles. The summed E-state index contributed by atoms with van der Waals surface area (Å²) in [6.45, 7) is 1.72. The Hall–Kier alpha value is -0.130. The SMILES string of the molecule is CCCCCCCCCCCCCCC(Br)C(=O)OCC(O)CO. The summed E-state index contributed by atoms with van der Waals surface area (Å²) in [6.07, 6.45) is 15.4. The van der Waals surface area contributed by atoms with Crippen molar-refractivity contribution in [1.29, 1.82) is 0 Å². The smallest absolute Gasteiger partial charge is 0.319 e. The maximum Gasteiger partial charge on any atom is 0.319 e. The van der Waals surface area contributed by atoms with Crippen LogP contribution in [0.5, 0.6) is 0 Å². The highest BCUT2D eigenvalue weighted by Gasteiger charge is 2.17. The van der Waals surface area contributed by atoms with Crippen molar-refractivity contribution >= 4 is 21.9 Å². The summed E-state index contributed by atoms with van der Waals surface area (Å²) in [5, 5.41) is 17.8. The average Bonchev–Trinajstić information content (AvgIpc) is 2.59. The van der Waals surface area contributed by atoms with E-state index in [1.54, 1.807) is 0 Å². The molecule has 0 aliphatic carbocycles. The highest BCUT2D eigenvalue weighted by atomic mass is 79.9. The Labute approximate surface area is 156 Å². The standard InChI is InChI=1S/C19H37BrO4/c1-2-3-4-5-6-7-8-9-10-11-12-13-14-18(20)19(23)24-16-17(22)15-21/h17-18,21-22H,2-16H2,1H3. The molecule has 4 nitrogen and oxygen atoms in total. The van der Waals surface area contributed by atoms with E-state index >= 15 is 0 Å². The van der Waals surface area contributed by atoms with Crippen LogP contribution in [0.3, 0.4) is 0 Å². The van der Waals surface area contributed by atoms with Crippen molar-refractivity contribution < 1.29 is 19.7 Å². The third-order valence-electron chi connectivity index (χ3n) is 4.20. The molecule has 0 heterocycles. The number of aliphatic hydroxyl groups is 2. The van der Waals surface area contributed by atoms with Crippen molar-refractivity contribution in [2.75, 3.05) is 13.2 Å². The van der Waals surface area contributed by atoms with Crippen molar-refractivity contribution in [3.05, 3.63) is 0 Å². The molecule has 0 aromatic rings. The van der Waals surface area contributed by atoms with Gasteiger partial charge < -0.3 is 14.9 Å². The van der Waals surface area contributed by atoms with Gasteiger partial charge in [0.25, 0.3) is 0 Å². The van der Waals surface area contributed by atoms with Crippen LogP contribution in [-0.4, -0.2) is 40.3 Å². The van der Waals surface area contributed by atoms with Crippen LogP contribution in [0.15, 0.2) is 0 Å². The van der Waals surface area contributed by atoms with E-state index in [0.29, 0.717) is 0 Å². The van der Waals surface area contributed by atoms with E-state index in [0.717, 1.165) is 19.3 Å². The minimum atomic E-state index is -0.986. The molecule has 0 amide bonds. The number of ether oxygens (including phenoxy) is 1. The zero-order valence-electron chi connectivity index (χ0n) is 15.4. The van der Waals surface area contributed by atoms with Crippen LogP contribution in [-0.2, 0) is 9.53 Å². The summed E-state index contributed by atoms with van der Waals surface area (Å²) in [4.78, 5) is 11.3. The molecular weight excluding hydrogens is 372 g/mol. The Morgan fingerprint density at radius 3 is 1.83 bits per heavy atom. The van der Waals surface area contributed by atoms with Crippen molar-refractivity contribution in [2.24, 2.45) is 0 Å². The number of carbonyl (C=O) groups excluding carboxylic acids is 1. The van der Waals surface area contributed by atoms with Crippen LogP contribution < -0.4 is 0 Å². The summed E-state index contributed by atoms with van der Waals surface area (Å²) >= 11 is 3.33. The van der Waals surface area contributed by atoms with Crippen LogP contribution in [0.4, 0.5) is 0 Å². The third kappa shape index (κ3) is 15.4. The number of carbonyl (C=O) groups is 1. The molecule has 0 saturated carbocycles. The largest absolute Gasteiger partial charge is 0.462 e. The summed E-state index contributed by atoms with van der Waals surface area (Å²) in [6, 6.07) is 0. The van der Waals surface area contributed by atoms with Crippen molar-refractivity contribution in [1.82, 2.24) is 0 Å². The Morgan fingerprint density at radius 1 is 0.917 bits per heavy atom. The molecule has 0 fully saturated rings. The van der Waals surface area contributed by atoms with E-state index in [4.69, 9.17) is 14.9 Å². The highest BCUT2D eigenvalue weighted by Crippen LogP contribution is 2.16. The number of esters is 1. The van der Waals surface area contributed by atoms with E-state index in [-0.39, 0.29) is 24.0 Å². The van der Waals surface area contributed by atoms with Gasteiger partial charge in [0.15, 0.2) is 0 Å². The first-order chi connectivity index (χ1) is 11.6. The fourth-order valence-electron chi connectivity index (χ4n) is 2.60. The summed E-state index contributed by atoms with van der Waals surface area (Å²) in [7, 11) is 0. The lowest BCUT2D eigenvalue weighted by atomic mass is 10.0. The van der Waals surface area contributed by atoms with Gasteiger partial charge in [-0.25, -0.2) is 0 Å². The van der Waals surface area contributed by atoms with E-state index in [9.17, 15) is 4.79 Å². The van der Waals surface area contributed by atoms with Crippen LogP contribution in [0.2, 0.25) is 0 Å². The monoisotopic (exact) mass is 408 g/mol. The van der Waals surface area contributed by atoms with Gasteiger partial charge >= 0.3 is 5.97 Å². The number of aliphatic hydroxyl groups excluding tert-OH is 2. The predicted molar refractivity (Wildman–Crippen MR) is 102 cm³/mol. The normalized spacial score (nSPS) is 13.7. The Kier molecular flexibility index (Phi) is 17.6. The first-order valence-electron chi connectivity index (χ1n) is 9.71. The average molecular weight is 409 g/mol. The van der Waals surface area contributed by atoms with E-state index in [1.807, 2.05) is 0 Å². The second-order valence-corrected chi connectivity index (χ2v) is 7.72. The van der Waals surface area contributed by atoms with E-state index in [2.05, 4.69) is 22.9 Å². The first kappa shape index (κ1) is 23.9. The number of halogens is 1. The van der Waals surface area contributed by atoms with Gasteiger partial charge in [-0.15, -0.1) is 0 Å². The Balaban J connectivity index is 3.32. The number of rotatable bonds is 17. The molecule has 0 aliphatic rings. The highest BCUT2D eigenvalue weighted by molar-refractivity contribution is 9.10. The van der Waals surface area contributed by atoms with Crippen LogP contribution in [0, 0.1) is 0 Å². The minimum absolute atomic E-state index is 0.143. The molecular formula is C19H37BrO4. The van der Waals surface area contributed by atoms with Gasteiger partial charge in [-0.3, -0.25) is 4.79 Å². The second kappa shape index (κ2) is 17.7. The number of hydrogen-bond acceptors (Lipinski definition) is 4. The quantitative estimate of drug-likeness (QED) is 0.207. The van der Waals surface area contributed by atoms with Gasteiger partial charge in [-0.05, 0) is 6.42 Å². The van der Waals surface area contributed by atoms with Gasteiger partial charge in [0, 0.05) is 0 Å². The maximum atomic E-state index is 11.6.